The lowest BCUT2D eigenvalue weighted by Crippen LogP contribution is -2.52. The van der Waals surface area contributed by atoms with Gasteiger partial charge in [0.2, 0.25) is 11.8 Å². The molecule has 5 heteroatoms. The predicted molar refractivity (Wildman–Crippen MR) is 153 cm³/mol. The van der Waals surface area contributed by atoms with E-state index in [-0.39, 0.29) is 17.9 Å². The summed E-state index contributed by atoms with van der Waals surface area (Å²) in [6, 6.07) is 26.3. The fraction of sp³-hybridized carbons (Fsp3) is 0.375. The fourth-order valence-electron chi connectivity index (χ4n) is 4.92. The van der Waals surface area contributed by atoms with Crippen molar-refractivity contribution >= 4 is 23.6 Å². The molecule has 1 unspecified atom stereocenters. The van der Waals surface area contributed by atoms with Gasteiger partial charge in [-0.15, -0.1) is 11.8 Å². The Kier molecular flexibility index (Phi) is 9.84. The summed E-state index contributed by atoms with van der Waals surface area (Å²) < 4.78 is 0. The Morgan fingerprint density at radius 2 is 1.57 bits per heavy atom. The highest BCUT2D eigenvalue weighted by Crippen LogP contribution is 2.22. The number of carbonyl (C=O) groups excluding carboxylic acids is 2. The van der Waals surface area contributed by atoms with Crippen molar-refractivity contribution in [3.63, 3.8) is 0 Å². The Balaban J connectivity index is 1.56. The summed E-state index contributed by atoms with van der Waals surface area (Å²) in [5.74, 6) is 1.06. The lowest BCUT2D eigenvalue weighted by Gasteiger charge is -2.32. The summed E-state index contributed by atoms with van der Waals surface area (Å²) >= 11 is 1.61. The zero-order valence-electron chi connectivity index (χ0n) is 22.0. The van der Waals surface area contributed by atoms with E-state index in [1.807, 2.05) is 47.4 Å². The second-order valence-electron chi connectivity index (χ2n) is 10.1. The lowest BCUT2D eigenvalue weighted by molar-refractivity contribution is -0.139. The first-order valence-corrected chi connectivity index (χ1v) is 14.5. The van der Waals surface area contributed by atoms with E-state index in [9.17, 15) is 9.59 Å². The van der Waals surface area contributed by atoms with Gasteiger partial charge in [-0.25, -0.2) is 0 Å². The molecule has 0 spiro atoms. The van der Waals surface area contributed by atoms with Crippen LogP contribution in [0.15, 0.2) is 78.9 Å². The maximum atomic E-state index is 13.8. The molecule has 3 aromatic carbocycles. The Labute approximate surface area is 225 Å². The molecular weight excluding hydrogens is 476 g/mol. The summed E-state index contributed by atoms with van der Waals surface area (Å²) in [7, 11) is 0. The molecule has 0 bridgehead atoms. The van der Waals surface area contributed by atoms with E-state index in [0.717, 1.165) is 48.1 Å². The van der Waals surface area contributed by atoms with Gasteiger partial charge in [0.15, 0.2) is 0 Å². The first-order chi connectivity index (χ1) is 18.0. The van der Waals surface area contributed by atoms with E-state index < -0.39 is 6.04 Å². The number of nitrogens with zero attached hydrogens (tertiary/aromatic N) is 1. The zero-order valence-corrected chi connectivity index (χ0v) is 22.8. The molecule has 0 radical (unpaired) electrons. The van der Waals surface area contributed by atoms with Gasteiger partial charge in [0.25, 0.3) is 0 Å². The Morgan fingerprint density at radius 3 is 2.27 bits per heavy atom. The number of rotatable bonds is 11. The molecule has 4 nitrogen and oxygen atoms in total. The summed E-state index contributed by atoms with van der Waals surface area (Å²) in [5, 5.41) is 3.28. The molecule has 194 valence electrons. The second-order valence-corrected chi connectivity index (χ2v) is 11.1. The summed E-state index contributed by atoms with van der Waals surface area (Å²) in [6.07, 6.45) is 4.83. The van der Waals surface area contributed by atoms with Crippen LogP contribution in [0.2, 0.25) is 0 Å². The number of carbonyl (C=O) groups is 2. The molecule has 1 aliphatic rings. The van der Waals surface area contributed by atoms with Crippen molar-refractivity contribution in [3.05, 3.63) is 107 Å². The van der Waals surface area contributed by atoms with Crippen LogP contribution in [0.1, 0.15) is 53.5 Å². The van der Waals surface area contributed by atoms with Crippen LogP contribution in [-0.2, 0) is 28.3 Å². The molecule has 1 saturated carbocycles. The maximum absolute atomic E-state index is 13.8. The van der Waals surface area contributed by atoms with Crippen LogP contribution in [0.3, 0.4) is 0 Å². The van der Waals surface area contributed by atoms with E-state index in [1.165, 1.54) is 11.1 Å². The average molecular weight is 515 g/mol. The van der Waals surface area contributed by atoms with Gasteiger partial charge >= 0.3 is 0 Å². The van der Waals surface area contributed by atoms with Gasteiger partial charge in [-0.05, 0) is 48.9 Å². The number of hydrogen-bond acceptors (Lipinski definition) is 3. The van der Waals surface area contributed by atoms with Crippen LogP contribution < -0.4 is 5.32 Å². The van der Waals surface area contributed by atoms with Crippen molar-refractivity contribution in [1.82, 2.24) is 10.2 Å². The quantitative estimate of drug-likeness (QED) is 0.330. The molecule has 37 heavy (non-hydrogen) atoms. The highest BCUT2D eigenvalue weighted by Gasteiger charge is 2.32. The molecule has 1 aliphatic carbocycles. The van der Waals surface area contributed by atoms with Gasteiger partial charge in [0.05, 0.1) is 5.75 Å². The molecule has 2 amide bonds. The largest absolute Gasteiger partial charge is 0.352 e. The molecule has 4 rings (SSSR count). The van der Waals surface area contributed by atoms with Crippen LogP contribution in [0.25, 0.3) is 0 Å². The maximum Gasteiger partial charge on any atom is 0.243 e. The number of nitrogens with one attached hydrogen (secondary N) is 1. The predicted octanol–water partition coefficient (Wildman–Crippen LogP) is 6.24. The van der Waals surface area contributed by atoms with Crippen molar-refractivity contribution in [1.29, 1.82) is 0 Å². The highest BCUT2D eigenvalue weighted by atomic mass is 32.2. The third-order valence-corrected chi connectivity index (χ3v) is 8.18. The average Bonchev–Trinajstić information content (AvgIpc) is 3.42. The number of thioether (sulfide) groups is 1. The minimum atomic E-state index is -0.560. The van der Waals surface area contributed by atoms with E-state index in [1.54, 1.807) is 11.8 Å². The summed E-state index contributed by atoms with van der Waals surface area (Å²) in [4.78, 5) is 29.4. The number of hydrogen-bond donors (Lipinski definition) is 1. The van der Waals surface area contributed by atoms with Crippen molar-refractivity contribution in [3.8, 4) is 0 Å². The smallest absolute Gasteiger partial charge is 0.243 e. The number of aryl methyl sites for hydroxylation is 2. The highest BCUT2D eigenvalue weighted by molar-refractivity contribution is 7.99. The van der Waals surface area contributed by atoms with Gasteiger partial charge in [0.1, 0.15) is 6.04 Å². The van der Waals surface area contributed by atoms with Gasteiger partial charge in [-0.1, -0.05) is 97.3 Å². The Morgan fingerprint density at radius 1 is 0.892 bits per heavy atom. The lowest BCUT2D eigenvalue weighted by atomic mass is 10.0. The molecule has 3 aromatic rings. The van der Waals surface area contributed by atoms with Crippen LogP contribution >= 0.6 is 11.8 Å². The van der Waals surface area contributed by atoms with E-state index >= 15 is 0 Å². The topological polar surface area (TPSA) is 49.4 Å². The molecule has 1 N–H and O–H groups in total. The minimum absolute atomic E-state index is 0.00266. The van der Waals surface area contributed by atoms with Gasteiger partial charge in [-0.2, -0.15) is 0 Å². The first kappa shape index (κ1) is 27.0. The Bertz CT molecular complexity index is 1160. The number of amides is 2. The Hall–Kier alpha value is -3.05. The fourth-order valence-corrected chi connectivity index (χ4v) is 5.79. The third-order valence-electron chi connectivity index (χ3n) is 7.19. The standard InChI is InChI=1S/C32H38N2O2S/c1-24-16-18-27(19-17-24)22-37-23-31(35)34(21-28-13-7-6-10-25(28)2)30(20-26-11-4-3-5-12-26)32(36)33-29-14-8-9-15-29/h3-7,10-13,16-19,29-30H,8-9,14-15,20-23H2,1-2H3,(H,33,36). The molecule has 0 heterocycles. The van der Waals surface area contributed by atoms with Crippen molar-refractivity contribution < 1.29 is 9.59 Å². The van der Waals surface area contributed by atoms with Crippen LogP contribution in [0.5, 0.6) is 0 Å². The van der Waals surface area contributed by atoms with Gasteiger partial charge in [0, 0.05) is 24.8 Å². The van der Waals surface area contributed by atoms with E-state index in [0.29, 0.717) is 18.7 Å². The van der Waals surface area contributed by atoms with Gasteiger partial charge in [-0.3, -0.25) is 9.59 Å². The normalized spacial score (nSPS) is 14.3. The first-order valence-electron chi connectivity index (χ1n) is 13.3. The van der Waals surface area contributed by atoms with E-state index in [4.69, 9.17) is 0 Å². The summed E-state index contributed by atoms with van der Waals surface area (Å²) in [5.41, 5.74) is 5.69. The minimum Gasteiger partial charge on any atom is -0.352 e. The number of benzene rings is 3. The van der Waals surface area contributed by atoms with Crippen LogP contribution in [-0.4, -0.2) is 34.6 Å². The molecule has 0 saturated heterocycles. The van der Waals surface area contributed by atoms with Crippen molar-refractivity contribution in [2.24, 2.45) is 0 Å². The third kappa shape index (κ3) is 7.96. The molecule has 1 atom stereocenters. The zero-order chi connectivity index (χ0) is 26.0. The van der Waals surface area contributed by atoms with Crippen LogP contribution in [0, 0.1) is 13.8 Å². The van der Waals surface area contributed by atoms with E-state index in [2.05, 4.69) is 55.6 Å². The molecule has 1 fully saturated rings. The second kappa shape index (κ2) is 13.5. The van der Waals surface area contributed by atoms with Crippen molar-refractivity contribution in [2.45, 2.75) is 70.3 Å². The van der Waals surface area contributed by atoms with Gasteiger partial charge < -0.3 is 10.2 Å². The monoisotopic (exact) mass is 514 g/mol. The van der Waals surface area contributed by atoms with Crippen molar-refractivity contribution in [2.75, 3.05) is 5.75 Å². The molecule has 0 aromatic heterocycles. The summed E-state index contributed by atoms with van der Waals surface area (Å²) in [6.45, 7) is 4.56. The molecule has 0 aliphatic heterocycles. The van der Waals surface area contributed by atoms with Crippen LogP contribution in [0.4, 0.5) is 0 Å². The SMILES string of the molecule is Cc1ccc(CSCC(=O)N(Cc2ccccc2C)C(Cc2ccccc2)C(=O)NC2CCCC2)cc1. The molecular formula is C32H38N2O2S.